The van der Waals surface area contributed by atoms with E-state index < -0.39 is 5.91 Å². The first-order valence-electron chi connectivity index (χ1n) is 5.54. The quantitative estimate of drug-likeness (QED) is 0.705. The Morgan fingerprint density at radius 2 is 2.33 bits per heavy atom. The third-order valence-electron chi connectivity index (χ3n) is 2.76. The van der Waals surface area contributed by atoms with Gasteiger partial charge in [-0.05, 0) is 18.2 Å². The number of aromatic hydroxyl groups is 1. The lowest BCUT2D eigenvalue weighted by molar-refractivity contribution is -0.119. The molecule has 2 amide bonds. The molecule has 1 saturated heterocycles. The summed E-state index contributed by atoms with van der Waals surface area (Å²) in [7, 11) is 1.48. The van der Waals surface area contributed by atoms with Crippen LogP contribution in [0.4, 0.5) is 0 Å². The number of carbonyl (C=O) groups excluding carboxylic acids is 2. The van der Waals surface area contributed by atoms with Crippen LogP contribution in [0.5, 0.6) is 11.5 Å². The molecular weight excluding hydrogens is 236 g/mol. The monoisotopic (exact) mass is 250 g/mol. The molecule has 2 rings (SSSR count). The molecule has 6 heteroatoms. The van der Waals surface area contributed by atoms with Gasteiger partial charge in [0.15, 0.2) is 0 Å². The third-order valence-corrected chi connectivity index (χ3v) is 2.76. The number of nitrogens with one attached hydrogen (secondary N) is 2. The van der Waals surface area contributed by atoms with E-state index in [1.54, 1.807) is 6.07 Å². The van der Waals surface area contributed by atoms with Crippen LogP contribution in [0.1, 0.15) is 16.8 Å². The smallest absolute Gasteiger partial charge is 0.255 e. The minimum Gasteiger partial charge on any atom is -0.507 e. The van der Waals surface area contributed by atoms with Gasteiger partial charge >= 0.3 is 0 Å². The molecule has 96 valence electrons. The van der Waals surface area contributed by atoms with E-state index in [0.717, 1.165) is 0 Å². The maximum absolute atomic E-state index is 11.9. The first-order chi connectivity index (χ1) is 8.60. The number of hydrogen-bond donors (Lipinski definition) is 3. The number of methoxy groups -OCH3 is 1. The second kappa shape index (κ2) is 4.95. The standard InChI is InChI=1S/C12H14N2O4/c1-18-8-2-3-10(15)9(5-8)12(17)14-7-4-11(16)13-6-7/h2-3,5,7,15H,4,6H2,1H3,(H,13,16)(H,14,17). The van der Waals surface area contributed by atoms with Gasteiger partial charge in [0.1, 0.15) is 11.5 Å². The third kappa shape index (κ3) is 2.53. The van der Waals surface area contributed by atoms with Gasteiger partial charge in [-0.1, -0.05) is 0 Å². The molecule has 1 aromatic carbocycles. The molecule has 1 fully saturated rings. The fourth-order valence-corrected chi connectivity index (χ4v) is 1.79. The van der Waals surface area contributed by atoms with Gasteiger partial charge in [-0.3, -0.25) is 9.59 Å². The van der Waals surface area contributed by atoms with Gasteiger partial charge in [-0.2, -0.15) is 0 Å². The molecule has 1 heterocycles. The Hall–Kier alpha value is -2.24. The van der Waals surface area contributed by atoms with Gasteiger partial charge in [-0.15, -0.1) is 0 Å². The lowest BCUT2D eigenvalue weighted by atomic mass is 10.1. The number of amides is 2. The summed E-state index contributed by atoms with van der Waals surface area (Å²) in [6, 6.07) is 4.17. The van der Waals surface area contributed by atoms with Crippen molar-refractivity contribution in [3.8, 4) is 11.5 Å². The topological polar surface area (TPSA) is 87.7 Å². The Kier molecular flexibility index (Phi) is 3.36. The molecule has 3 N–H and O–H groups in total. The van der Waals surface area contributed by atoms with E-state index >= 15 is 0 Å². The number of carbonyl (C=O) groups is 2. The lowest BCUT2D eigenvalue weighted by Gasteiger charge is -2.12. The van der Waals surface area contributed by atoms with Gasteiger partial charge < -0.3 is 20.5 Å². The Morgan fingerprint density at radius 3 is 2.94 bits per heavy atom. The summed E-state index contributed by atoms with van der Waals surface area (Å²) in [4.78, 5) is 22.9. The number of benzene rings is 1. The van der Waals surface area contributed by atoms with Gasteiger partial charge in [0.2, 0.25) is 5.91 Å². The molecule has 6 nitrogen and oxygen atoms in total. The summed E-state index contributed by atoms with van der Waals surface area (Å²) in [5.74, 6) is -0.146. The molecular formula is C12H14N2O4. The van der Waals surface area contributed by atoms with E-state index in [9.17, 15) is 14.7 Å². The summed E-state index contributed by atoms with van der Waals surface area (Å²) in [5.41, 5.74) is 0.133. The van der Waals surface area contributed by atoms with Gasteiger partial charge in [0.25, 0.3) is 5.91 Å². The fourth-order valence-electron chi connectivity index (χ4n) is 1.79. The molecule has 0 saturated carbocycles. The van der Waals surface area contributed by atoms with Crippen LogP contribution >= 0.6 is 0 Å². The number of hydrogen-bond acceptors (Lipinski definition) is 4. The highest BCUT2D eigenvalue weighted by atomic mass is 16.5. The normalized spacial score (nSPS) is 18.3. The van der Waals surface area contributed by atoms with Crippen LogP contribution in [0.2, 0.25) is 0 Å². The van der Waals surface area contributed by atoms with Crippen molar-refractivity contribution in [3.05, 3.63) is 23.8 Å². The molecule has 0 bridgehead atoms. The van der Waals surface area contributed by atoms with Crippen LogP contribution in [0.15, 0.2) is 18.2 Å². The zero-order chi connectivity index (χ0) is 13.1. The Morgan fingerprint density at radius 1 is 1.56 bits per heavy atom. The van der Waals surface area contributed by atoms with E-state index in [1.807, 2.05) is 0 Å². The van der Waals surface area contributed by atoms with Crippen molar-refractivity contribution in [2.24, 2.45) is 0 Å². The van der Waals surface area contributed by atoms with Crippen LogP contribution in [-0.4, -0.2) is 36.6 Å². The van der Waals surface area contributed by atoms with Crippen molar-refractivity contribution < 1.29 is 19.4 Å². The molecule has 1 aromatic rings. The first kappa shape index (κ1) is 12.2. The van der Waals surface area contributed by atoms with Crippen LogP contribution < -0.4 is 15.4 Å². The summed E-state index contributed by atoms with van der Waals surface area (Å²) in [6.45, 7) is 0.412. The number of phenols is 1. The van der Waals surface area contributed by atoms with Crippen molar-refractivity contribution in [1.82, 2.24) is 10.6 Å². The second-order valence-corrected chi connectivity index (χ2v) is 4.06. The van der Waals surface area contributed by atoms with E-state index in [-0.39, 0.29) is 29.7 Å². The average Bonchev–Trinajstić information content (AvgIpc) is 2.75. The largest absolute Gasteiger partial charge is 0.507 e. The van der Waals surface area contributed by atoms with E-state index in [4.69, 9.17) is 4.74 Å². The SMILES string of the molecule is COc1ccc(O)c(C(=O)NC2CNC(=O)C2)c1. The summed E-state index contributed by atoms with van der Waals surface area (Å²) >= 11 is 0. The van der Waals surface area contributed by atoms with E-state index in [1.165, 1.54) is 19.2 Å². The molecule has 1 atom stereocenters. The Balaban J connectivity index is 2.10. The van der Waals surface area contributed by atoms with Crippen LogP contribution in [0.25, 0.3) is 0 Å². The molecule has 18 heavy (non-hydrogen) atoms. The zero-order valence-electron chi connectivity index (χ0n) is 9.90. The molecule has 0 aromatic heterocycles. The van der Waals surface area contributed by atoms with Crippen molar-refractivity contribution in [3.63, 3.8) is 0 Å². The second-order valence-electron chi connectivity index (χ2n) is 4.06. The van der Waals surface area contributed by atoms with Crippen molar-refractivity contribution in [1.29, 1.82) is 0 Å². The predicted octanol–water partition coefficient (Wildman–Crippen LogP) is 0.0191. The van der Waals surface area contributed by atoms with Gasteiger partial charge in [0, 0.05) is 13.0 Å². The highest BCUT2D eigenvalue weighted by molar-refractivity contribution is 5.97. The van der Waals surface area contributed by atoms with Crippen LogP contribution in [0.3, 0.4) is 0 Å². The highest BCUT2D eigenvalue weighted by Crippen LogP contribution is 2.22. The van der Waals surface area contributed by atoms with Crippen molar-refractivity contribution >= 4 is 11.8 Å². The van der Waals surface area contributed by atoms with Crippen molar-refractivity contribution in [2.75, 3.05) is 13.7 Å². The van der Waals surface area contributed by atoms with Gasteiger partial charge in [0.05, 0.1) is 18.7 Å². The summed E-state index contributed by atoms with van der Waals surface area (Å²) in [5, 5.41) is 14.9. The maximum atomic E-state index is 11.9. The molecule has 1 aliphatic rings. The average molecular weight is 250 g/mol. The predicted molar refractivity (Wildman–Crippen MR) is 63.5 cm³/mol. The Labute approximate surface area is 104 Å². The van der Waals surface area contributed by atoms with E-state index in [2.05, 4.69) is 10.6 Å². The molecule has 0 radical (unpaired) electrons. The highest BCUT2D eigenvalue weighted by Gasteiger charge is 2.24. The van der Waals surface area contributed by atoms with Gasteiger partial charge in [-0.25, -0.2) is 0 Å². The minimum absolute atomic E-state index is 0.0878. The minimum atomic E-state index is -0.423. The molecule has 1 unspecified atom stereocenters. The molecule has 0 aliphatic carbocycles. The van der Waals surface area contributed by atoms with E-state index in [0.29, 0.717) is 12.3 Å². The summed E-state index contributed by atoms with van der Waals surface area (Å²) < 4.78 is 4.99. The zero-order valence-corrected chi connectivity index (χ0v) is 9.90. The fraction of sp³-hybridized carbons (Fsp3) is 0.333. The summed E-state index contributed by atoms with van der Waals surface area (Å²) in [6.07, 6.45) is 0.260. The maximum Gasteiger partial charge on any atom is 0.255 e. The van der Waals surface area contributed by atoms with Crippen LogP contribution in [0, 0.1) is 0 Å². The van der Waals surface area contributed by atoms with Crippen molar-refractivity contribution in [2.45, 2.75) is 12.5 Å². The Bertz CT molecular complexity index is 487. The lowest BCUT2D eigenvalue weighted by Crippen LogP contribution is -2.36. The number of ether oxygens (including phenoxy) is 1. The molecule has 1 aliphatic heterocycles. The first-order valence-corrected chi connectivity index (χ1v) is 5.54. The number of rotatable bonds is 3. The molecule has 0 spiro atoms. The van der Waals surface area contributed by atoms with Crippen LogP contribution in [-0.2, 0) is 4.79 Å². The number of phenolic OH excluding ortho intramolecular Hbond substituents is 1.